The summed E-state index contributed by atoms with van der Waals surface area (Å²) >= 11 is 4.17. The molecule has 0 aliphatic carbocycles. The number of carboxylic acid groups (broad SMARTS) is 1. The molecule has 0 bridgehead atoms. The standard InChI is InChI=1S/C14H11NO4S/c16-14(17)13-9(15-4-3-12(13)20)5-8-1-2-10-11(6-8)19-7-18-10/h1-4,6H,5,7H2,(H,15,20)(H,16,17). The van der Waals surface area contributed by atoms with Crippen molar-refractivity contribution in [2.75, 3.05) is 6.79 Å². The number of carboxylic acids is 1. The van der Waals surface area contributed by atoms with Gasteiger partial charge in [0.2, 0.25) is 6.79 Å². The molecular weight excluding hydrogens is 278 g/mol. The van der Waals surface area contributed by atoms with E-state index in [0.29, 0.717) is 28.5 Å². The highest BCUT2D eigenvalue weighted by atomic mass is 32.1. The summed E-state index contributed by atoms with van der Waals surface area (Å²) < 4.78 is 10.5. The molecule has 1 N–H and O–H groups in total. The van der Waals surface area contributed by atoms with Crippen molar-refractivity contribution in [1.82, 2.24) is 4.98 Å². The van der Waals surface area contributed by atoms with Crippen molar-refractivity contribution < 1.29 is 19.4 Å². The number of hydrogen-bond donors (Lipinski definition) is 2. The fourth-order valence-electron chi connectivity index (χ4n) is 2.10. The van der Waals surface area contributed by atoms with Crippen LogP contribution in [0.1, 0.15) is 21.6 Å². The molecule has 0 radical (unpaired) electrons. The van der Waals surface area contributed by atoms with Crippen LogP contribution >= 0.6 is 12.6 Å². The van der Waals surface area contributed by atoms with Crippen LogP contribution in [0.15, 0.2) is 35.4 Å². The molecule has 0 saturated carbocycles. The second kappa shape index (κ2) is 5.05. The van der Waals surface area contributed by atoms with Gasteiger partial charge in [-0.3, -0.25) is 4.98 Å². The first-order chi connectivity index (χ1) is 9.65. The van der Waals surface area contributed by atoms with E-state index in [1.165, 1.54) is 0 Å². The largest absolute Gasteiger partial charge is 0.478 e. The van der Waals surface area contributed by atoms with Crippen molar-refractivity contribution >= 4 is 18.6 Å². The van der Waals surface area contributed by atoms with Gasteiger partial charge >= 0.3 is 5.97 Å². The lowest BCUT2D eigenvalue weighted by Gasteiger charge is -2.08. The normalized spacial score (nSPS) is 12.4. The smallest absolute Gasteiger partial charge is 0.338 e. The van der Waals surface area contributed by atoms with Gasteiger partial charge in [0.1, 0.15) is 0 Å². The van der Waals surface area contributed by atoms with E-state index in [2.05, 4.69) is 17.6 Å². The van der Waals surface area contributed by atoms with Crippen LogP contribution in [-0.2, 0) is 6.42 Å². The lowest BCUT2D eigenvalue weighted by Crippen LogP contribution is -2.06. The Morgan fingerprint density at radius 3 is 2.90 bits per heavy atom. The molecule has 1 aliphatic heterocycles. The Bertz CT molecular complexity index is 687. The topological polar surface area (TPSA) is 68.7 Å². The highest BCUT2D eigenvalue weighted by Crippen LogP contribution is 2.33. The molecule has 1 aromatic heterocycles. The van der Waals surface area contributed by atoms with E-state index >= 15 is 0 Å². The van der Waals surface area contributed by atoms with Crippen molar-refractivity contribution in [3.8, 4) is 11.5 Å². The van der Waals surface area contributed by atoms with Gasteiger partial charge < -0.3 is 14.6 Å². The zero-order valence-corrected chi connectivity index (χ0v) is 11.3. The van der Waals surface area contributed by atoms with Crippen LogP contribution < -0.4 is 9.47 Å². The molecule has 0 spiro atoms. The maximum atomic E-state index is 11.3. The van der Waals surface area contributed by atoms with Gasteiger partial charge in [0.25, 0.3) is 0 Å². The SMILES string of the molecule is O=C(O)c1c(S)ccnc1Cc1ccc2c(c1)OCO2. The highest BCUT2D eigenvalue weighted by Gasteiger charge is 2.17. The Labute approximate surface area is 120 Å². The lowest BCUT2D eigenvalue weighted by atomic mass is 10.0. The Morgan fingerprint density at radius 2 is 2.10 bits per heavy atom. The summed E-state index contributed by atoms with van der Waals surface area (Å²) in [5.41, 5.74) is 1.51. The number of hydrogen-bond acceptors (Lipinski definition) is 5. The van der Waals surface area contributed by atoms with Crippen molar-refractivity contribution in [2.24, 2.45) is 0 Å². The van der Waals surface area contributed by atoms with Crippen LogP contribution in [0.4, 0.5) is 0 Å². The Kier molecular flexibility index (Phi) is 3.23. The minimum absolute atomic E-state index is 0.133. The molecule has 6 heteroatoms. The van der Waals surface area contributed by atoms with Crippen molar-refractivity contribution in [1.29, 1.82) is 0 Å². The molecule has 102 valence electrons. The molecule has 0 fully saturated rings. The van der Waals surface area contributed by atoms with Crippen molar-refractivity contribution in [3.05, 3.63) is 47.3 Å². The second-order valence-corrected chi connectivity index (χ2v) is 4.80. The fourth-order valence-corrected chi connectivity index (χ4v) is 2.40. The predicted octanol–water partition coefficient (Wildman–Crippen LogP) is 2.39. The summed E-state index contributed by atoms with van der Waals surface area (Å²) in [6, 6.07) is 7.07. The van der Waals surface area contributed by atoms with E-state index in [4.69, 9.17) is 9.47 Å². The summed E-state index contributed by atoms with van der Waals surface area (Å²) in [6.07, 6.45) is 1.95. The van der Waals surface area contributed by atoms with E-state index < -0.39 is 5.97 Å². The Balaban J connectivity index is 1.95. The number of fused-ring (bicyclic) bond motifs is 1. The maximum Gasteiger partial charge on any atom is 0.338 e. The molecule has 0 atom stereocenters. The van der Waals surface area contributed by atoms with Gasteiger partial charge in [-0.05, 0) is 23.8 Å². The zero-order valence-electron chi connectivity index (χ0n) is 10.4. The number of carbonyl (C=O) groups is 1. The van der Waals surface area contributed by atoms with Crippen LogP contribution in [0.2, 0.25) is 0 Å². The monoisotopic (exact) mass is 289 g/mol. The van der Waals surface area contributed by atoms with Gasteiger partial charge in [0.15, 0.2) is 11.5 Å². The minimum Gasteiger partial charge on any atom is -0.478 e. The van der Waals surface area contributed by atoms with E-state index in [1.807, 2.05) is 18.2 Å². The van der Waals surface area contributed by atoms with Crippen LogP contribution in [0.5, 0.6) is 11.5 Å². The van der Waals surface area contributed by atoms with Crippen LogP contribution in [0.3, 0.4) is 0 Å². The third-order valence-electron chi connectivity index (χ3n) is 3.03. The summed E-state index contributed by atoms with van der Waals surface area (Å²) in [4.78, 5) is 15.8. The lowest BCUT2D eigenvalue weighted by molar-refractivity contribution is 0.0691. The molecule has 0 unspecified atom stereocenters. The third kappa shape index (κ3) is 2.30. The number of thiol groups is 1. The average Bonchev–Trinajstić information content (AvgIpc) is 2.85. The molecular formula is C14H11NO4S. The molecule has 3 rings (SSSR count). The van der Waals surface area contributed by atoms with Gasteiger partial charge in [0, 0.05) is 17.5 Å². The molecule has 1 aliphatic rings. The molecule has 0 amide bonds. The first-order valence-corrected chi connectivity index (χ1v) is 6.38. The van der Waals surface area contributed by atoms with Gasteiger partial charge in [0.05, 0.1) is 11.3 Å². The highest BCUT2D eigenvalue weighted by molar-refractivity contribution is 7.80. The zero-order chi connectivity index (χ0) is 14.1. The molecule has 2 aromatic rings. The predicted molar refractivity (Wildman–Crippen MR) is 73.8 cm³/mol. The molecule has 2 heterocycles. The Morgan fingerprint density at radius 1 is 1.30 bits per heavy atom. The number of benzene rings is 1. The number of rotatable bonds is 3. The second-order valence-electron chi connectivity index (χ2n) is 4.32. The van der Waals surface area contributed by atoms with Crippen LogP contribution in [0, 0.1) is 0 Å². The van der Waals surface area contributed by atoms with Crippen LogP contribution in [0.25, 0.3) is 0 Å². The number of ether oxygens (including phenoxy) is 2. The number of aromatic nitrogens is 1. The first-order valence-electron chi connectivity index (χ1n) is 5.94. The maximum absolute atomic E-state index is 11.3. The quantitative estimate of drug-likeness (QED) is 0.849. The number of pyridine rings is 1. The summed E-state index contributed by atoms with van der Waals surface area (Å²) in [5, 5.41) is 9.25. The van der Waals surface area contributed by atoms with Gasteiger partial charge in [-0.2, -0.15) is 0 Å². The van der Waals surface area contributed by atoms with E-state index in [1.54, 1.807) is 12.3 Å². The van der Waals surface area contributed by atoms with Gasteiger partial charge in [-0.1, -0.05) is 6.07 Å². The van der Waals surface area contributed by atoms with Crippen molar-refractivity contribution in [2.45, 2.75) is 11.3 Å². The number of aromatic carboxylic acids is 1. The number of nitrogens with zero attached hydrogens (tertiary/aromatic N) is 1. The van der Waals surface area contributed by atoms with Crippen molar-refractivity contribution in [3.63, 3.8) is 0 Å². The Hall–Kier alpha value is -2.21. The summed E-state index contributed by atoms with van der Waals surface area (Å²) in [6.45, 7) is 0.212. The minimum atomic E-state index is -1.03. The molecule has 5 nitrogen and oxygen atoms in total. The van der Waals surface area contributed by atoms with Gasteiger partial charge in [-0.15, -0.1) is 12.6 Å². The first kappa shape index (κ1) is 12.8. The van der Waals surface area contributed by atoms with Crippen LogP contribution in [-0.4, -0.2) is 22.9 Å². The molecule has 20 heavy (non-hydrogen) atoms. The molecule has 0 saturated heterocycles. The summed E-state index contributed by atoms with van der Waals surface area (Å²) in [5.74, 6) is 0.336. The van der Waals surface area contributed by atoms with E-state index in [0.717, 1.165) is 5.56 Å². The molecule has 1 aromatic carbocycles. The summed E-state index contributed by atoms with van der Waals surface area (Å²) in [7, 11) is 0. The fraction of sp³-hybridized carbons (Fsp3) is 0.143. The van der Waals surface area contributed by atoms with E-state index in [-0.39, 0.29) is 12.4 Å². The third-order valence-corrected chi connectivity index (χ3v) is 3.40. The van der Waals surface area contributed by atoms with Gasteiger partial charge in [-0.25, -0.2) is 4.79 Å². The van der Waals surface area contributed by atoms with E-state index in [9.17, 15) is 9.90 Å². The average molecular weight is 289 g/mol.